The van der Waals surface area contributed by atoms with Crippen molar-refractivity contribution in [3.63, 3.8) is 0 Å². The minimum Gasteiger partial charge on any atom is -0.328 e. The fourth-order valence-electron chi connectivity index (χ4n) is 2.96. The van der Waals surface area contributed by atoms with Crippen LogP contribution in [-0.2, 0) is 6.42 Å². The standard InChI is InChI=1S/C16H26N2/c1-18(16-11-5-10-15(17)13-16)12-6-9-14-7-3-2-4-8-14/h2-4,7-8,15-16H,5-6,9-13,17H2,1H3. The topological polar surface area (TPSA) is 29.3 Å². The van der Waals surface area contributed by atoms with Crippen LogP contribution in [0.1, 0.15) is 37.7 Å². The number of hydrogen-bond donors (Lipinski definition) is 1. The Morgan fingerprint density at radius 1 is 1.22 bits per heavy atom. The van der Waals surface area contributed by atoms with Crippen molar-refractivity contribution in [3.8, 4) is 0 Å². The third-order valence-corrected chi connectivity index (χ3v) is 4.13. The molecule has 2 N–H and O–H groups in total. The van der Waals surface area contributed by atoms with Crippen LogP contribution in [0.4, 0.5) is 0 Å². The Balaban J connectivity index is 1.70. The van der Waals surface area contributed by atoms with Gasteiger partial charge < -0.3 is 10.6 Å². The average Bonchev–Trinajstić information content (AvgIpc) is 2.40. The Labute approximate surface area is 111 Å². The predicted octanol–water partition coefficient (Wildman–Crippen LogP) is 2.82. The molecule has 2 unspecified atom stereocenters. The molecule has 0 heterocycles. The van der Waals surface area contributed by atoms with Crippen LogP contribution >= 0.6 is 0 Å². The molecule has 1 aromatic carbocycles. The molecule has 100 valence electrons. The number of hydrogen-bond acceptors (Lipinski definition) is 2. The van der Waals surface area contributed by atoms with Crippen LogP contribution < -0.4 is 5.73 Å². The minimum atomic E-state index is 0.431. The van der Waals surface area contributed by atoms with Crippen molar-refractivity contribution in [2.75, 3.05) is 13.6 Å². The summed E-state index contributed by atoms with van der Waals surface area (Å²) in [4.78, 5) is 2.52. The molecular weight excluding hydrogens is 220 g/mol. The van der Waals surface area contributed by atoms with Crippen molar-refractivity contribution in [3.05, 3.63) is 35.9 Å². The van der Waals surface area contributed by atoms with Gasteiger partial charge in [-0.1, -0.05) is 36.8 Å². The first-order valence-corrected chi connectivity index (χ1v) is 7.25. The Morgan fingerprint density at radius 2 is 2.00 bits per heavy atom. The van der Waals surface area contributed by atoms with Gasteiger partial charge in [-0.3, -0.25) is 0 Å². The van der Waals surface area contributed by atoms with Crippen LogP contribution in [0.5, 0.6) is 0 Å². The average molecular weight is 246 g/mol. The summed E-state index contributed by atoms with van der Waals surface area (Å²) in [6, 6.07) is 11.9. The van der Waals surface area contributed by atoms with E-state index >= 15 is 0 Å². The van der Waals surface area contributed by atoms with Crippen LogP contribution in [0.3, 0.4) is 0 Å². The van der Waals surface area contributed by atoms with Crippen LogP contribution in [-0.4, -0.2) is 30.6 Å². The Hall–Kier alpha value is -0.860. The van der Waals surface area contributed by atoms with E-state index in [1.807, 2.05) is 0 Å². The largest absolute Gasteiger partial charge is 0.328 e. The third-order valence-electron chi connectivity index (χ3n) is 4.13. The Morgan fingerprint density at radius 3 is 2.72 bits per heavy atom. The van der Waals surface area contributed by atoms with Gasteiger partial charge >= 0.3 is 0 Å². The number of aryl methyl sites for hydroxylation is 1. The molecule has 1 aliphatic rings. The number of benzene rings is 1. The molecule has 2 heteroatoms. The molecule has 0 saturated heterocycles. The second-order valence-corrected chi connectivity index (χ2v) is 5.65. The van der Waals surface area contributed by atoms with Gasteiger partial charge in [0.05, 0.1) is 0 Å². The highest BCUT2D eigenvalue weighted by Crippen LogP contribution is 2.21. The normalized spacial score (nSPS) is 24.4. The first-order chi connectivity index (χ1) is 8.75. The molecular formula is C16H26N2. The minimum absolute atomic E-state index is 0.431. The highest BCUT2D eigenvalue weighted by Gasteiger charge is 2.22. The van der Waals surface area contributed by atoms with Gasteiger partial charge in [-0.15, -0.1) is 0 Å². The van der Waals surface area contributed by atoms with Crippen molar-refractivity contribution in [1.29, 1.82) is 0 Å². The molecule has 1 saturated carbocycles. The second-order valence-electron chi connectivity index (χ2n) is 5.65. The number of nitrogens with zero attached hydrogens (tertiary/aromatic N) is 1. The van der Waals surface area contributed by atoms with Gasteiger partial charge in [0.2, 0.25) is 0 Å². The first kappa shape index (κ1) is 13.6. The molecule has 0 amide bonds. The van der Waals surface area contributed by atoms with E-state index in [1.54, 1.807) is 0 Å². The maximum absolute atomic E-state index is 6.06. The predicted molar refractivity (Wildman–Crippen MR) is 77.6 cm³/mol. The van der Waals surface area contributed by atoms with Gasteiger partial charge in [0.25, 0.3) is 0 Å². The monoisotopic (exact) mass is 246 g/mol. The summed E-state index contributed by atoms with van der Waals surface area (Å²) in [6.07, 6.45) is 7.46. The zero-order valence-electron chi connectivity index (χ0n) is 11.5. The molecule has 1 aromatic rings. The Kier molecular flexibility index (Phi) is 5.21. The van der Waals surface area contributed by atoms with Crippen LogP contribution in [0.15, 0.2) is 30.3 Å². The Bertz CT molecular complexity index is 336. The molecule has 1 aliphatic carbocycles. The molecule has 0 radical (unpaired) electrons. The van der Waals surface area contributed by atoms with Crippen molar-refractivity contribution in [2.24, 2.45) is 5.73 Å². The summed E-state index contributed by atoms with van der Waals surface area (Å²) in [7, 11) is 2.26. The zero-order chi connectivity index (χ0) is 12.8. The fraction of sp³-hybridized carbons (Fsp3) is 0.625. The summed E-state index contributed by atoms with van der Waals surface area (Å²) < 4.78 is 0. The summed E-state index contributed by atoms with van der Waals surface area (Å²) >= 11 is 0. The quantitative estimate of drug-likeness (QED) is 0.865. The van der Waals surface area contributed by atoms with E-state index in [0.717, 1.165) is 0 Å². The van der Waals surface area contributed by atoms with E-state index in [-0.39, 0.29) is 0 Å². The van der Waals surface area contributed by atoms with Gasteiger partial charge in [0.1, 0.15) is 0 Å². The summed E-state index contributed by atoms with van der Waals surface area (Å²) in [5.74, 6) is 0. The molecule has 2 rings (SSSR count). The molecule has 1 fully saturated rings. The van der Waals surface area contributed by atoms with Crippen molar-refractivity contribution < 1.29 is 0 Å². The molecule has 0 aliphatic heterocycles. The van der Waals surface area contributed by atoms with E-state index in [4.69, 9.17) is 5.73 Å². The van der Waals surface area contributed by atoms with E-state index in [2.05, 4.69) is 42.3 Å². The molecule has 0 bridgehead atoms. The van der Waals surface area contributed by atoms with Crippen LogP contribution in [0.25, 0.3) is 0 Å². The number of nitrogens with two attached hydrogens (primary N) is 1. The maximum atomic E-state index is 6.06. The summed E-state index contributed by atoms with van der Waals surface area (Å²) in [6.45, 7) is 1.19. The fourth-order valence-corrected chi connectivity index (χ4v) is 2.96. The van der Waals surface area contributed by atoms with E-state index in [9.17, 15) is 0 Å². The maximum Gasteiger partial charge on any atom is 0.0107 e. The molecule has 18 heavy (non-hydrogen) atoms. The first-order valence-electron chi connectivity index (χ1n) is 7.25. The van der Waals surface area contributed by atoms with Gasteiger partial charge in [-0.05, 0) is 51.3 Å². The van der Waals surface area contributed by atoms with Gasteiger partial charge in [-0.25, -0.2) is 0 Å². The van der Waals surface area contributed by atoms with Crippen LogP contribution in [0.2, 0.25) is 0 Å². The van der Waals surface area contributed by atoms with Gasteiger partial charge in [0, 0.05) is 12.1 Å². The molecule has 2 nitrogen and oxygen atoms in total. The van der Waals surface area contributed by atoms with Crippen LogP contribution in [0, 0.1) is 0 Å². The van der Waals surface area contributed by atoms with Crippen molar-refractivity contribution in [2.45, 2.75) is 50.6 Å². The number of rotatable bonds is 5. The van der Waals surface area contributed by atoms with E-state index in [1.165, 1.54) is 50.6 Å². The smallest absolute Gasteiger partial charge is 0.0107 e. The van der Waals surface area contributed by atoms with Gasteiger partial charge in [0.15, 0.2) is 0 Å². The molecule has 0 aromatic heterocycles. The lowest BCUT2D eigenvalue weighted by Crippen LogP contribution is -2.41. The summed E-state index contributed by atoms with van der Waals surface area (Å²) in [5, 5.41) is 0. The zero-order valence-corrected chi connectivity index (χ0v) is 11.5. The SMILES string of the molecule is CN(CCCc1ccccc1)C1CCCC(N)C1. The molecule has 2 atom stereocenters. The highest BCUT2D eigenvalue weighted by molar-refractivity contribution is 5.14. The highest BCUT2D eigenvalue weighted by atomic mass is 15.1. The summed E-state index contributed by atoms with van der Waals surface area (Å²) in [5.41, 5.74) is 7.51. The lowest BCUT2D eigenvalue weighted by molar-refractivity contribution is 0.179. The lowest BCUT2D eigenvalue weighted by Gasteiger charge is -2.34. The third kappa shape index (κ3) is 4.11. The van der Waals surface area contributed by atoms with Gasteiger partial charge in [-0.2, -0.15) is 0 Å². The molecule has 0 spiro atoms. The van der Waals surface area contributed by atoms with E-state index < -0.39 is 0 Å². The van der Waals surface area contributed by atoms with Crippen molar-refractivity contribution >= 4 is 0 Å². The van der Waals surface area contributed by atoms with Crippen molar-refractivity contribution in [1.82, 2.24) is 4.90 Å². The lowest BCUT2D eigenvalue weighted by atomic mass is 9.90. The van der Waals surface area contributed by atoms with E-state index in [0.29, 0.717) is 12.1 Å². The second kappa shape index (κ2) is 6.91.